The molecule has 1 fully saturated rings. The van der Waals surface area contributed by atoms with Crippen molar-refractivity contribution in [2.45, 2.75) is 12.8 Å². The summed E-state index contributed by atoms with van der Waals surface area (Å²) in [4.78, 5) is 34.0. The van der Waals surface area contributed by atoms with E-state index in [2.05, 4.69) is 20.2 Å². The molecule has 3 rings (SSSR count). The highest BCUT2D eigenvalue weighted by Gasteiger charge is 2.23. The van der Waals surface area contributed by atoms with Gasteiger partial charge in [-0.05, 0) is 37.6 Å². The van der Waals surface area contributed by atoms with Crippen LogP contribution in [-0.2, 0) is 4.79 Å². The molecule has 1 aromatic carbocycles. The van der Waals surface area contributed by atoms with Gasteiger partial charge in [-0.2, -0.15) is 0 Å². The van der Waals surface area contributed by atoms with Crippen LogP contribution in [0.25, 0.3) is 11.3 Å². The lowest BCUT2D eigenvalue weighted by Crippen LogP contribution is -2.44. The fourth-order valence-electron chi connectivity index (χ4n) is 3.27. The maximum atomic E-state index is 12.4. The average molecular weight is 368 g/mol. The summed E-state index contributed by atoms with van der Waals surface area (Å²) >= 11 is 0. The number of amides is 2. The maximum Gasteiger partial charge on any atom is 0.251 e. The summed E-state index contributed by atoms with van der Waals surface area (Å²) in [6, 6.07) is 8.97. The van der Waals surface area contributed by atoms with Gasteiger partial charge in [-0.25, -0.2) is 9.97 Å². The van der Waals surface area contributed by atoms with Crippen LogP contribution >= 0.6 is 0 Å². The zero-order valence-electron chi connectivity index (χ0n) is 15.1. The van der Waals surface area contributed by atoms with Crippen molar-refractivity contribution in [2.24, 2.45) is 11.7 Å². The number of aromatic nitrogens is 2. The first kappa shape index (κ1) is 18.8. The molecule has 5 N–H and O–H groups in total. The number of anilines is 1. The van der Waals surface area contributed by atoms with Crippen LogP contribution in [0, 0.1) is 5.92 Å². The van der Waals surface area contributed by atoms with Crippen molar-refractivity contribution >= 4 is 17.8 Å². The molecule has 0 aliphatic carbocycles. The molecule has 0 spiro atoms. The number of nitrogens with two attached hydrogens (primary N) is 2. The monoisotopic (exact) mass is 368 g/mol. The van der Waals surface area contributed by atoms with Crippen LogP contribution in [-0.4, -0.2) is 52.9 Å². The Morgan fingerprint density at radius 2 is 2.15 bits per heavy atom. The normalized spacial score (nSPS) is 17.4. The van der Waals surface area contributed by atoms with Crippen molar-refractivity contribution < 1.29 is 9.59 Å². The summed E-state index contributed by atoms with van der Waals surface area (Å²) in [5, 5.41) is 2.93. The van der Waals surface area contributed by atoms with E-state index in [4.69, 9.17) is 11.5 Å². The standard InChI is InChI=1S/C19H24N6O2/c20-17(26)15-5-2-9-25(12-15)10-8-22-18(27)14-4-1-3-13(11-14)16-6-7-23-19(21)24-16/h1,3-4,6-7,11,15H,2,5,8-10,12H2,(H2,20,26)(H,22,27)(H2,21,23,24)/t15-/m1/s1. The number of likely N-dealkylation sites (tertiary alicyclic amines) is 1. The Balaban J connectivity index is 1.55. The molecule has 2 amide bonds. The number of carbonyl (C=O) groups is 2. The second-order valence-electron chi connectivity index (χ2n) is 6.68. The van der Waals surface area contributed by atoms with Gasteiger partial charge in [0, 0.05) is 37.0 Å². The maximum absolute atomic E-state index is 12.4. The van der Waals surface area contributed by atoms with Gasteiger partial charge in [-0.1, -0.05) is 12.1 Å². The number of nitrogens with zero attached hydrogens (tertiary/aromatic N) is 3. The smallest absolute Gasteiger partial charge is 0.251 e. The van der Waals surface area contributed by atoms with Crippen LogP contribution in [0.15, 0.2) is 36.5 Å². The van der Waals surface area contributed by atoms with Gasteiger partial charge in [-0.3, -0.25) is 9.59 Å². The molecular formula is C19H24N6O2. The van der Waals surface area contributed by atoms with Gasteiger partial charge >= 0.3 is 0 Å². The van der Waals surface area contributed by atoms with Crippen LogP contribution in [0.2, 0.25) is 0 Å². The molecule has 1 aromatic heterocycles. The van der Waals surface area contributed by atoms with Crippen molar-refractivity contribution in [2.75, 3.05) is 31.9 Å². The summed E-state index contributed by atoms with van der Waals surface area (Å²) in [6.45, 7) is 2.78. The number of carbonyl (C=O) groups excluding carboxylic acids is 2. The van der Waals surface area contributed by atoms with Gasteiger partial charge in [0.15, 0.2) is 0 Å². The van der Waals surface area contributed by atoms with Crippen molar-refractivity contribution in [3.8, 4) is 11.3 Å². The second-order valence-corrected chi connectivity index (χ2v) is 6.68. The molecule has 142 valence electrons. The van der Waals surface area contributed by atoms with E-state index in [9.17, 15) is 9.59 Å². The fourth-order valence-corrected chi connectivity index (χ4v) is 3.27. The van der Waals surface area contributed by atoms with Crippen molar-refractivity contribution in [1.82, 2.24) is 20.2 Å². The SMILES string of the molecule is NC(=O)[C@@H]1CCCN(CCNC(=O)c2cccc(-c3ccnc(N)n3)c2)C1. The van der Waals surface area contributed by atoms with Gasteiger partial charge < -0.3 is 21.7 Å². The van der Waals surface area contributed by atoms with Gasteiger partial charge in [0.1, 0.15) is 0 Å². The van der Waals surface area contributed by atoms with E-state index in [0.717, 1.165) is 24.9 Å². The van der Waals surface area contributed by atoms with E-state index >= 15 is 0 Å². The number of rotatable bonds is 6. The Morgan fingerprint density at radius 3 is 2.93 bits per heavy atom. The molecule has 8 nitrogen and oxygen atoms in total. The van der Waals surface area contributed by atoms with Crippen LogP contribution in [0.3, 0.4) is 0 Å². The zero-order chi connectivity index (χ0) is 19.2. The first-order valence-corrected chi connectivity index (χ1v) is 9.02. The second kappa shape index (κ2) is 8.59. The third-order valence-corrected chi connectivity index (χ3v) is 4.72. The van der Waals surface area contributed by atoms with E-state index in [1.54, 1.807) is 24.4 Å². The summed E-state index contributed by atoms with van der Waals surface area (Å²) in [5.41, 5.74) is 13.1. The number of nitrogens with one attached hydrogen (secondary N) is 1. The molecule has 0 radical (unpaired) electrons. The molecule has 0 bridgehead atoms. The molecule has 8 heteroatoms. The Hall–Kier alpha value is -3.00. The number of hydrogen-bond acceptors (Lipinski definition) is 6. The Labute approximate surface area is 158 Å². The molecule has 2 heterocycles. The summed E-state index contributed by atoms with van der Waals surface area (Å²) in [7, 11) is 0. The minimum atomic E-state index is -0.245. The molecular weight excluding hydrogens is 344 g/mol. The largest absolute Gasteiger partial charge is 0.369 e. The predicted molar refractivity (Wildman–Crippen MR) is 103 cm³/mol. The third kappa shape index (κ3) is 5.01. The molecule has 0 saturated carbocycles. The summed E-state index contributed by atoms with van der Waals surface area (Å²) in [5.74, 6) is -0.294. The fraction of sp³-hybridized carbons (Fsp3) is 0.368. The average Bonchev–Trinajstić information content (AvgIpc) is 2.68. The topological polar surface area (TPSA) is 127 Å². The predicted octanol–water partition coefficient (Wildman–Crippen LogP) is 0.653. The number of piperidine rings is 1. The minimum absolute atomic E-state index is 0.0913. The van der Waals surface area contributed by atoms with E-state index < -0.39 is 0 Å². The number of nitrogen functional groups attached to an aromatic ring is 1. The van der Waals surface area contributed by atoms with Crippen LogP contribution in [0.5, 0.6) is 0 Å². The van der Waals surface area contributed by atoms with Crippen LogP contribution in [0.4, 0.5) is 5.95 Å². The van der Waals surface area contributed by atoms with Gasteiger partial charge in [0.25, 0.3) is 5.91 Å². The number of primary amides is 1. The quantitative estimate of drug-likeness (QED) is 0.687. The number of benzene rings is 1. The van der Waals surface area contributed by atoms with E-state index in [1.807, 2.05) is 12.1 Å². The number of hydrogen-bond donors (Lipinski definition) is 3. The summed E-state index contributed by atoms with van der Waals surface area (Å²) in [6.07, 6.45) is 3.38. The highest BCUT2D eigenvalue weighted by atomic mass is 16.2. The first-order chi connectivity index (χ1) is 13.0. The van der Waals surface area contributed by atoms with Crippen molar-refractivity contribution in [3.63, 3.8) is 0 Å². The molecule has 27 heavy (non-hydrogen) atoms. The Bertz CT molecular complexity index is 825. The molecule has 1 aliphatic rings. The van der Waals surface area contributed by atoms with E-state index in [1.165, 1.54) is 0 Å². The molecule has 2 aromatic rings. The molecule has 1 atom stereocenters. The lowest BCUT2D eigenvalue weighted by atomic mass is 9.97. The van der Waals surface area contributed by atoms with Crippen LogP contribution < -0.4 is 16.8 Å². The van der Waals surface area contributed by atoms with E-state index in [-0.39, 0.29) is 23.7 Å². The zero-order valence-corrected chi connectivity index (χ0v) is 15.1. The molecule has 1 saturated heterocycles. The van der Waals surface area contributed by atoms with Crippen LogP contribution in [0.1, 0.15) is 23.2 Å². The Kier molecular flexibility index (Phi) is 5.97. The molecule has 1 aliphatic heterocycles. The van der Waals surface area contributed by atoms with Gasteiger partial charge in [-0.15, -0.1) is 0 Å². The summed E-state index contributed by atoms with van der Waals surface area (Å²) < 4.78 is 0. The Morgan fingerprint density at radius 1 is 1.30 bits per heavy atom. The molecule has 0 unspecified atom stereocenters. The highest BCUT2D eigenvalue weighted by Crippen LogP contribution is 2.18. The lowest BCUT2D eigenvalue weighted by molar-refractivity contribution is -0.123. The lowest BCUT2D eigenvalue weighted by Gasteiger charge is -2.31. The third-order valence-electron chi connectivity index (χ3n) is 4.72. The van der Waals surface area contributed by atoms with Crippen molar-refractivity contribution in [3.05, 3.63) is 42.1 Å². The first-order valence-electron chi connectivity index (χ1n) is 9.02. The minimum Gasteiger partial charge on any atom is -0.369 e. The van der Waals surface area contributed by atoms with Gasteiger partial charge in [0.05, 0.1) is 11.6 Å². The van der Waals surface area contributed by atoms with Crippen molar-refractivity contribution in [1.29, 1.82) is 0 Å². The van der Waals surface area contributed by atoms with E-state index in [0.29, 0.717) is 30.9 Å². The van der Waals surface area contributed by atoms with Gasteiger partial charge in [0.2, 0.25) is 11.9 Å². The highest BCUT2D eigenvalue weighted by molar-refractivity contribution is 5.95.